The Labute approximate surface area is 124 Å². The molecule has 0 saturated carbocycles. The second-order valence-corrected chi connectivity index (χ2v) is 4.89. The monoisotopic (exact) mass is 300 g/mol. The van der Waals surface area contributed by atoms with Crippen LogP contribution in [0, 0.1) is 5.82 Å². The van der Waals surface area contributed by atoms with Crippen molar-refractivity contribution in [2.24, 2.45) is 7.05 Å². The van der Waals surface area contributed by atoms with Gasteiger partial charge in [0.15, 0.2) is 0 Å². The smallest absolute Gasteiger partial charge is 0.408 e. The van der Waals surface area contributed by atoms with Gasteiger partial charge in [0.1, 0.15) is 16.8 Å². The highest BCUT2D eigenvalue weighted by molar-refractivity contribution is 5.82. The van der Waals surface area contributed by atoms with Crippen molar-refractivity contribution >= 4 is 11.0 Å². The summed E-state index contributed by atoms with van der Waals surface area (Å²) in [4.78, 5) is 27.8. The predicted molar refractivity (Wildman–Crippen MR) is 80.3 cm³/mol. The molecule has 0 radical (unpaired) electrons. The molecule has 0 saturated heterocycles. The number of fused-ring (bicyclic) bond motifs is 1. The number of nitrogens with zero attached hydrogens (tertiary/aromatic N) is 2. The zero-order chi connectivity index (χ0) is 15.9. The maximum Gasteiger partial charge on any atom is 0.439 e. The molecule has 0 aliphatic heterocycles. The number of rotatable bonds is 2. The minimum atomic E-state index is -0.767. The summed E-state index contributed by atoms with van der Waals surface area (Å²) < 4.78 is 20.4. The summed E-state index contributed by atoms with van der Waals surface area (Å²) in [6, 6.07) is 7.61. The van der Waals surface area contributed by atoms with Crippen molar-refractivity contribution < 1.29 is 8.81 Å². The van der Waals surface area contributed by atoms with E-state index < -0.39 is 11.6 Å². The van der Waals surface area contributed by atoms with E-state index in [1.54, 1.807) is 32.2 Å². The third-order valence-electron chi connectivity index (χ3n) is 3.59. The Hall–Kier alpha value is -2.76. The van der Waals surface area contributed by atoms with Crippen LogP contribution in [0.3, 0.4) is 0 Å². The van der Waals surface area contributed by atoms with Crippen LogP contribution in [0.5, 0.6) is 0 Å². The first-order valence-electron chi connectivity index (χ1n) is 6.81. The van der Waals surface area contributed by atoms with Crippen molar-refractivity contribution in [3.63, 3.8) is 0 Å². The second kappa shape index (κ2) is 5.22. The molecule has 0 aliphatic rings. The standard InChI is InChI=1S/C16H13FN2O3/c1-3-11-14-13(22-16(21)18-11)8-12(19(2)15(14)20)9-6-4-5-7-10(9)17/h4-8H,3H2,1-2H3. The van der Waals surface area contributed by atoms with Gasteiger partial charge in [0.2, 0.25) is 0 Å². The van der Waals surface area contributed by atoms with Crippen molar-refractivity contribution in [2.45, 2.75) is 13.3 Å². The van der Waals surface area contributed by atoms with E-state index in [0.717, 1.165) is 0 Å². The number of pyridine rings is 1. The summed E-state index contributed by atoms with van der Waals surface area (Å²) in [6.45, 7) is 1.80. The first-order valence-corrected chi connectivity index (χ1v) is 6.81. The van der Waals surface area contributed by atoms with Crippen molar-refractivity contribution in [3.05, 3.63) is 62.7 Å². The van der Waals surface area contributed by atoms with E-state index in [1.165, 1.54) is 16.7 Å². The molecule has 3 rings (SSSR count). The van der Waals surface area contributed by atoms with Crippen molar-refractivity contribution in [3.8, 4) is 11.3 Å². The molecule has 3 aromatic rings. The first kappa shape index (κ1) is 14.2. The average molecular weight is 300 g/mol. The Balaban J connectivity index is 2.45. The molecule has 112 valence electrons. The maximum atomic E-state index is 14.0. The fraction of sp³-hybridized carbons (Fsp3) is 0.188. The minimum Gasteiger partial charge on any atom is -0.408 e. The van der Waals surface area contributed by atoms with Gasteiger partial charge in [-0.05, 0) is 18.6 Å². The van der Waals surface area contributed by atoms with Crippen LogP contribution in [0.15, 0.2) is 44.3 Å². The highest BCUT2D eigenvalue weighted by atomic mass is 19.1. The lowest BCUT2D eigenvalue weighted by Gasteiger charge is -2.11. The first-order chi connectivity index (χ1) is 10.5. The number of aromatic nitrogens is 2. The topological polar surface area (TPSA) is 65.1 Å². The van der Waals surface area contributed by atoms with Crippen LogP contribution in [-0.2, 0) is 13.5 Å². The van der Waals surface area contributed by atoms with Gasteiger partial charge in [0.25, 0.3) is 5.56 Å². The van der Waals surface area contributed by atoms with Gasteiger partial charge >= 0.3 is 5.76 Å². The summed E-state index contributed by atoms with van der Waals surface area (Å²) in [5.41, 5.74) is 0.738. The van der Waals surface area contributed by atoms with Gasteiger partial charge in [-0.2, -0.15) is 4.98 Å². The highest BCUT2D eigenvalue weighted by Gasteiger charge is 2.16. The molecular weight excluding hydrogens is 287 g/mol. The Kier molecular flexibility index (Phi) is 3.36. The lowest BCUT2D eigenvalue weighted by atomic mass is 10.1. The molecule has 0 fully saturated rings. The summed E-state index contributed by atoms with van der Waals surface area (Å²) in [7, 11) is 1.55. The maximum absolute atomic E-state index is 14.0. The lowest BCUT2D eigenvalue weighted by molar-refractivity contribution is 0.525. The molecule has 0 unspecified atom stereocenters. The van der Waals surface area contributed by atoms with E-state index in [9.17, 15) is 14.0 Å². The number of benzene rings is 1. The molecule has 0 spiro atoms. The molecule has 0 aliphatic carbocycles. The zero-order valence-corrected chi connectivity index (χ0v) is 12.1. The molecule has 1 aromatic carbocycles. The molecule has 6 heteroatoms. The molecule has 2 aromatic heterocycles. The van der Waals surface area contributed by atoms with Crippen molar-refractivity contribution in [1.82, 2.24) is 9.55 Å². The summed E-state index contributed by atoms with van der Waals surface area (Å²) in [6.07, 6.45) is 0.427. The van der Waals surface area contributed by atoms with Crippen LogP contribution >= 0.6 is 0 Å². The number of aryl methyl sites for hydroxylation is 1. The normalized spacial score (nSPS) is 11.0. The van der Waals surface area contributed by atoms with E-state index in [0.29, 0.717) is 17.8 Å². The fourth-order valence-corrected chi connectivity index (χ4v) is 2.49. The van der Waals surface area contributed by atoms with Crippen LogP contribution in [0.25, 0.3) is 22.2 Å². The van der Waals surface area contributed by atoms with E-state index in [2.05, 4.69) is 4.98 Å². The molecule has 0 bridgehead atoms. The van der Waals surface area contributed by atoms with Crippen molar-refractivity contribution in [1.29, 1.82) is 0 Å². The SMILES string of the molecule is CCc1nc(=O)oc2cc(-c3ccccc3F)n(C)c(=O)c12. The van der Waals surface area contributed by atoms with E-state index in [1.807, 2.05) is 0 Å². The second-order valence-electron chi connectivity index (χ2n) is 4.89. The molecule has 22 heavy (non-hydrogen) atoms. The number of hydrogen-bond acceptors (Lipinski definition) is 4. The third kappa shape index (κ3) is 2.13. The molecule has 5 nitrogen and oxygen atoms in total. The third-order valence-corrected chi connectivity index (χ3v) is 3.59. The van der Waals surface area contributed by atoms with Crippen LogP contribution in [0.2, 0.25) is 0 Å². The Bertz CT molecular complexity index is 989. The highest BCUT2D eigenvalue weighted by Crippen LogP contribution is 2.24. The Morgan fingerprint density at radius 3 is 2.68 bits per heavy atom. The molecular formula is C16H13FN2O3. The van der Waals surface area contributed by atoms with Gasteiger partial charge in [-0.3, -0.25) is 4.79 Å². The van der Waals surface area contributed by atoms with Gasteiger partial charge in [-0.15, -0.1) is 0 Å². The van der Waals surface area contributed by atoms with Crippen LogP contribution in [0.4, 0.5) is 4.39 Å². The van der Waals surface area contributed by atoms with Gasteiger partial charge in [0, 0.05) is 18.7 Å². The number of hydrogen-bond donors (Lipinski definition) is 0. The van der Waals surface area contributed by atoms with E-state index in [4.69, 9.17) is 4.42 Å². The largest absolute Gasteiger partial charge is 0.439 e. The predicted octanol–water partition coefficient (Wildman–Crippen LogP) is 2.26. The van der Waals surface area contributed by atoms with Gasteiger partial charge in [0.05, 0.1) is 11.4 Å². The lowest BCUT2D eigenvalue weighted by Crippen LogP contribution is -2.22. The van der Waals surface area contributed by atoms with E-state index in [-0.39, 0.29) is 22.1 Å². The van der Waals surface area contributed by atoms with Crippen LogP contribution < -0.4 is 11.3 Å². The van der Waals surface area contributed by atoms with Crippen LogP contribution in [0.1, 0.15) is 12.6 Å². The molecule has 2 heterocycles. The molecule has 0 amide bonds. The summed E-state index contributed by atoms with van der Waals surface area (Å²) >= 11 is 0. The summed E-state index contributed by atoms with van der Waals surface area (Å²) in [5.74, 6) is -1.22. The van der Waals surface area contributed by atoms with E-state index >= 15 is 0 Å². The van der Waals surface area contributed by atoms with Crippen molar-refractivity contribution in [2.75, 3.05) is 0 Å². The quantitative estimate of drug-likeness (QED) is 0.728. The minimum absolute atomic E-state index is 0.123. The molecule has 0 atom stereocenters. The molecule has 0 N–H and O–H groups in total. The Morgan fingerprint density at radius 1 is 1.27 bits per heavy atom. The van der Waals surface area contributed by atoms with Gasteiger partial charge in [-0.25, -0.2) is 9.18 Å². The van der Waals surface area contributed by atoms with Crippen LogP contribution in [-0.4, -0.2) is 9.55 Å². The van der Waals surface area contributed by atoms with Gasteiger partial charge < -0.3 is 8.98 Å². The van der Waals surface area contributed by atoms with Gasteiger partial charge in [-0.1, -0.05) is 19.1 Å². The fourth-order valence-electron chi connectivity index (χ4n) is 2.49. The Morgan fingerprint density at radius 2 is 2.00 bits per heavy atom. The zero-order valence-electron chi connectivity index (χ0n) is 12.1. The average Bonchev–Trinajstić information content (AvgIpc) is 2.50. The summed E-state index contributed by atoms with van der Waals surface area (Å²) in [5, 5.41) is 0.254. The number of halogens is 1.